The maximum atomic E-state index is 12.2. The van der Waals surface area contributed by atoms with Crippen molar-refractivity contribution in [1.82, 2.24) is 24.5 Å². The number of hydrogen-bond acceptors (Lipinski definition) is 4. The van der Waals surface area contributed by atoms with Gasteiger partial charge in [0.05, 0.1) is 12.2 Å². The summed E-state index contributed by atoms with van der Waals surface area (Å²) in [4.78, 5) is 20.8. The third kappa shape index (κ3) is 5.08. The molecule has 24 heavy (non-hydrogen) atoms. The summed E-state index contributed by atoms with van der Waals surface area (Å²) < 4.78 is 2.04. The predicted octanol–water partition coefficient (Wildman–Crippen LogP) is 1.35. The molecule has 134 valence electrons. The molecule has 0 saturated carbocycles. The van der Waals surface area contributed by atoms with Crippen LogP contribution in [-0.2, 0) is 11.3 Å². The molecule has 0 aromatic carbocycles. The van der Waals surface area contributed by atoms with Crippen LogP contribution in [-0.4, -0.2) is 64.9 Å². The molecule has 6 nitrogen and oxygen atoms in total. The molecular formula is C16H25Cl2N5O. The number of likely N-dealkylation sites (N-methyl/N-ethyl adjacent to an activating group) is 1. The summed E-state index contributed by atoms with van der Waals surface area (Å²) in [7, 11) is 1.97. The van der Waals surface area contributed by atoms with Gasteiger partial charge >= 0.3 is 0 Å². The summed E-state index contributed by atoms with van der Waals surface area (Å²) in [5, 5.41) is 3.26. The monoisotopic (exact) mass is 373 g/mol. The highest BCUT2D eigenvalue weighted by Gasteiger charge is 2.18. The summed E-state index contributed by atoms with van der Waals surface area (Å²) in [6.07, 6.45) is 4.10. The third-order valence-corrected chi connectivity index (χ3v) is 3.96. The molecule has 8 heteroatoms. The van der Waals surface area contributed by atoms with Crippen LogP contribution in [0.2, 0.25) is 0 Å². The van der Waals surface area contributed by atoms with Crippen LogP contribution in [0, 0.1) is 6.92 Å². The number of aromatic nitrogens is 2. The highest BCUT2D eigenvalue weighted by atomic mass is 35.5. The Morgan fingerprint density at radius 3 is 2.67 bits per heavy atom. The average Bonchev–Trinajstić information content (AvgIpc) is 2.89. The number of halogens is 2. The van der Waals surface area contributed by atoms with E-state index in [4.69, 9.17) is 0 Å². The average molecular weight is 374 g/mol. The lowest BCUT2D eigenvalue weighted by molar-refractivity contribution is -0.132. The van der Waals surface area contributed by atoms with Gasteiger partial charge in [0.15, 0.2) is 0 Å². The van der Waals surface area contributed by atoms with Crippen LogP contribution in [0.3, 0.4) is 0 Å². The molecule has 3 rings (SSSR count). The van der Waals surface area contributed by atoms with Gasteiger partial charge in [-0.25, -0.2) is 4.98 Å². The Morgan fingerprint density at radius 2 is 1.96 bits per heavy atom. The molecule has 0 radical (unpaired) electrons. The molecule has 2 aromatic rings. The van der Waals surface area contributed by atoms with Crippen LogP contribution in [0.4, 0.5) is 0 Å². The first-order valence-corrected chi connectivity index (χ1v) is 7.73. The van der Waals surface area contributed by atoms with E-state index in [1.165, 1.54) is 5.56 Å². The van der Waals surface area contributed by atoms with E-state index in [1.54, 1.807) is 0 Å². The van der Waals surface area contributed by atoms with Crippen LogP contribution < -0.4 is 5.32 Å². The number of hydrogen-bond donors (Lipinski definition) is 1. The minimum absolute atomic E-state index is 0. The summed E-state index contributed by atoms with van der Waals surface area (Å²) in [5.74, 6) is 0.198. The van der Waals surface area contributed by atoms with Crippen molar-refractivity contribution in [2.24, 2.45) is 0 Å². The number of fused-ring (bicyclic) bond motifs is 1. The van der Waals surface area contributed by atoms with Crippen LogP contribution in [0.5, 0.6) is 0 Å². The minimum atomic E-state index is 0. The highest BCUT2D eigenvalue weighted by Crippen LogP contribution is 2.09. The van der Waals surface area contributed by atoms with Crippen molar-refractivity contribution in [3.8, 4) is 0 Å². The molecule has 1 N–H and O–H groups in total. The molecule has 1 aliphatic heterocycles. The zero-order valence-electron chi connectivity index (χ0n) is 14.1. The highest BCUT2D eigenvalue weighted by molar-refractivity contribution is 5.85. The Balaban J connectivity index is 0.00000144. The standard InChI is InChI=1S/C16H23N5O.2ClH/c1-13-3-4-15-18-14(11-21(15)9-13)10-19(2)12-16(22)20-7-5-17-6-8-20;;/h3-4,9,11,17H,5-8,10,12H2,1-2H3;2*1H. The van der Waals surface area contributed by atoms with Crippen molar-refractivity contribution in [3.05, 3.63) is 35.8 Å². The van der Waals surface area contributed by atoms with E-state index in [1.807, 2.05) is 33.5 Å². The topological polar surface area (TPSA) is 52.9 Å². The molecule has 0 bridgehead atoms. The molecular weight excluding hydrogens is 349 g/mol. The van der Waals surface area contributed by atoms with E-state index in [9.17, 15) is 4.79 Å². The fraction of sp³-hybridized carbons (Fsp3) is 0.500. The molecule has 2 aromatic heterocycles. The summed E-state index contributed by atoms with van der Waals surface area (Å²) in [6.45, 7) is 6.58. The Labute approximate surface area is 155 Å². The van der Waals surface area contributed by atoms with Crippen molar-refractivity contribution >= 4 is 36.4 Å². The predicted molar refractivity (Wildman–Crippen MR) is 100 cm³/mol. The van der Waals surface area contributed by atoms with Gasteiger partial charge in [-0.2, -0.15) is 0 Å². The number of piperazine rings is 1. The number of aryl methyl sites for hydroxylation is 1. The number of imidazole rings is 1. The number of nitrogens with zero attached hydrogens (tertiary/aromatic N) is 4. The Kier molecular flexibility index (Phi) is 7.96. The maximum absolute atomic E-state index is 12.2. The fourth-order valence-electron chi connectivity index (χ4n) is 2.81. The van der Waals surface area contributed by atoms with Gasteiger partial charge in [-0.15, -0.1) is 24.8 Å². The number of carbonyl (C=O) groups is 1. The largest absolute Gasteiger partial charge is 0.339 e. The van der Waals surface area contributed by atoms with Crippen LogP contribution in [0.25, 0.3) is 5.65 Å². The third-order valence-electron chi connectivity index (χ3n) is 3.96. The van der Waals surface area contributed by atoms with Gasteiger partial charge in [0.2, 0.25) is 5.91 Å². The van der Waals surface area contributed by atoms with Gasteiger partial charge in [0.1, 0.15) is 5.65 Å². The number of rotatable bonds is 4. The van der Waals surface area contributed by atoms with Gasteiger partial charge in [-0.3, -0.25) is 9.69 Å². The number of carbonyl (C=O) groups excluding carboxylic acids is 1. The first kappa shape index (κ1) is 20.7. The second-order valence-electron chi connectivity index (χ2n) is 6.01. The lowest BCUT2D eigenvalue weighted by atomic mass is 10.3. The molecule has 1 saturated heterocycles. The quantitative estimate of drug-likeness (QED) is 0.878. The van der Waals surface area contributed by atoms with Gasteiger partial charge < -0.3 is 14.6 Å². The second kappa shape index (κ2) is 9.22. The molecule has 0 unspecified atom stereocenters. The van der Waals surface area contributed by atoms with Gasteiger partial charge in [0.25, 0.3) is 0 Å². The first-order chi connectivity index (χ1) is 10.6. The number of pyridine rings is 1. The molecule has 1 fully saturated rings. The lowest BCUT2D eigenvalue weighted by Gasteiger charge is -2.29. The van der Waals surface area contributed by atoms with Gasteiger partial charge in [-0.05, 0) is 25.6 Å². The van der Waals surface area contributed by atoms with Crippen LogP contribution in [0.1, 0.15) is 11.3 Å². The smallest absolute Gasteiger partial charge is 0.236 e. The van der Waals surface area contributed by atoms with Crippen LogP contribution >= 0.6 is 24.8 Å². The van der Waals surface area contributed by atoms with E-state index in [2.05, 4.69) is 29.5 Å². The van der Waals surface area contributed by atoms with Crippen molar-refractivity contribution < 1.29 is 4.79 Å². The summed E-state index contributed by atoms with van der Waals surface area (Å²) >= 11 is 0. The van der Waals surface area contributed by atoms with E-state index in [0.717, 1.165) is 37.5 Å². The van der Waals surface area contributed by atoms with Crippen LogP contribution in [0.15, 0.2) is 24.5 Å². The van der Waals surface area contributed by atoms with Crippen molar-refractivity contribution in [2.75, 3.05) is 39.8 Å². The lowest BCUT2D eigenvalue weighted by Crippen LogP contribution is -2.49. The molecule has 0 aliphatic carbocycles. The van der Waals surface area contributed by atoms with Crippen molar-refractivity contribution in [1.29, 1.82) is 0 Å². The molecule has 1 amide bonds. The molecule has 3 heterocycles. The maximum Gasteiger partial charge on any atom is 0.236 e. The van der Waals surface area contributed by atoms with E-state index in [-0.39, 0.29) is 30.7 Å². The number of amides is 1. The second-order valence-corrected chi connectivity index (χ2v) is 6.01. The Hall–Kier alpha value is -1.34. The normalized spacial score (nSPS) is 14.4. The van der Waals surface area contributed by atoms with Crippen molar-refractivity contribution in [3.63, 3.8) is 0 Å². The minimum Gasteiger partial charge on any atom is -0.339 e. The summed E-state index contributed by atoms with van der Waals surface area (Å²) in [5.41, 5.74) is 3.14. The summed E-state index contributed by atoms with van der Waals surface area (Å²) in [6, 6.07) is 4.08. The van der Waals surface area contributed by atoms with E-state index < -0.39 is 0 Å². The molecule has 0 atom stereocenters. The van der Waals surface area contributed by atoms with Gasteiger partial charge in [0, 0.05) is 45.1 Å². The van der Waals surface area contributed by atoms with E-state index >= 15 is 0 Å². The SMILES string of the molecule is Cc1ccc2nc(CN(C)CC(=O)N3CCNCC3)cn2c1.Cl.Cl. The number of nitrogens with one attached hydrogen (secondary N) is 1. The molecule has 0 spiro atoms. The zero-order valence-corrected chi connectivity index (χ0v) is 15.7. The van der Waals surface area contributed by atoms with Crippen molar-refractivity contribution in [2.45, 2.75) is 13.5 Å². The fourth-order valence-corrected chi connectivity index (χ4v) is 2.81. The van der Waals surface area contributed by atoms with Gasteiger partial charge in [-0.1, -0.05) is 6.07 Å². The van der Waals surface area contributed by atoms with E-state index in [0.29, 0.717) is 13.1 Å². The Morgan fingerprint density at radius 1 is 1.25 bits per heavy atom. The zero-order chi connectivity index (χ0) is 15.5. The molecule has 1 aliphatic rings. The Bertz CT molecular complexity index is 670. The first-order valence-electron chi connectivity index (χ1n) is 7.73.